The lowest BCUT2D eigenvalue weighted by molar-refractivity contribution is 0.0788. The van der Waals surface area contributed by atoms with Crippen LogP contribution in [0.4, 0.5) is 0 Å². The average Bonchev–Trinajstić information content (AvgIpc) is 2.11. The fourth-order valence-corrected chi connectivity index (χ4v) is 1.83. The number of benzene rings is 1. The normalized spacial score (nSPS) is 19.0. The van der Waals surface area contributed by atoms with Gasteiger partial charge >= 0.3 is 0 Å². The van der Waals surface area contributed by atoms with Gasteiger partial charge in [-0.15, -0.1) is 0 Å². The number of halogens is 1. The van der Waals surface area contributed by atoms with E-state index in [0.29, 0.717) is 5.02 Å². The van der Waals surface area contributed by atoms with E-state index in [9.17, 15) is 5.11 Å². The molecule has 14 heavy (non-hydrogen) atoms. The zero-order valence-electron chi connectivity index (χ0n) is 7.99. The van der Waals surface area contributed by atoms with Crippen LogP contribution in [0.1, 0.15) is 18.1 Å². The summed E-state index contributed by atoms with van der Waals surface area (Å²) in [6.45, 7) is 2.94. The smallest absolute Gasteiger partial charge is 0.0917 e. The molecule has 0 radical (unpaired) electrons. The fraction of sp³-hybridized carbons (Fsp3) is 0.455. The number of likely N-dealkylation sites (tertiary alicyclic amines) is 1. The van der Waals surface area contributed by atoms with Crippen molar-refractivity contribution in [2.45, 2.75) is 12.5 Å². The summed E-state index contributed by atoms with van der Waals surface area (Å²) < 4.78 is 0. The summed E-state index contributed by atoms with van der Waals surface area (Å²) in [5, 5.41) is 10.6. The van der Waals surface area contributed by atoms with E-state index in [0.717, 1.165) is 25.2 Å². The number of nitrogens with zero attached hydrogens (tertiary/aromatic N) is 1. The van der Waals surface area contributed by atoms with Crippen LogP contribution in [0.25, 0.3) is 0 Å². The van der Waals surface area contributed by atoms with Crippen molar-refractivity contribution in [3.05, 3.63) is 34.9 Å². The van der Waals surface area contributed by atoms with Crippen LogP contribution in [-0.2, 0) is 0 Å². The van der Waals surface area contributed by atoms with E-state index < -0.39 is 6.10 Å². The molecule has 1 fully saturated rings. The maximum absolute atomic E-state index is 9.88. The molecule has 0 bridgehead atoms. The molecule has 1 aliphatic heterocycles. The van der Waals surface area contributed by atoms with Gasteiger partial charge in [-0.05, 0) is 37.2 Å². The molecule has 1 heterocycles. The predicted molar refractivity (Wildman–Crippen MR) is 57.5 cm³/mol. The molecule has 0 amide bonds. The lowest BCUT2D eigenvalue weighted by Gasteiger charge is -2.32. The molecule has 2 rings (SSSR count). The Balaban J connectivity index is 1.98. The zero-order valence-corrected chi connectivity index (χ0v) is 8.74. The topological polar surface area (TPSA) is 23.5 Å². The molecule has 1 N–H and O–H groups in total. The van der Waals surface area contributed by atoms with Crippen molar-refractivity contribution in [3.63, 3.8) is 0 Å². The SMILES string of the molecule is OC(CN1CCC1)c1cccc(Cl)c1. The Morgan fingerprint density at radius 1 is 1.43 bits per heavy atom. The molecule has 76 valence electrons. The van der Waals surface area contributed by atoms with E-state index in [4.69, 9.17) is 11.6 Å². The number of β-amino-alcohol motifs (C(OH)–C–C–N with tert-alkyl or cyclic N) is 1. The van der Waals surface area contributed by atoms with E-state index in [1.165, 1.54) is 6.42 Å². The van der Waals surface area contributed by atoms with Crippen molar-refractivity contribution in [3.8, 4) is 0 Å². The highest BCUT2D eigenvalue weighted by Gasteiger charge is 2.18. The number of aliphatic hydroxyl groups excluding tert-OH is 1. The lowest BCUT2D eigenvalue weighted by Crippen LogP contribution is -2.39. The van der Waals surface area contributed by atoms with Gasteiger partial charge in [-0.1, -0.05) is 23.7 Å². The zero-order chi connectivity index (χ0) is 9.97. The molecule has 0 aromatic heterocycles. The summed E-state index contributed by atoms with van der Waals surface area (Å²) >= 11 is 5.85. The Hall–Kier alpha value is -0.570. The summed E-state index contributed by atoms with van der Waals surface area (Å²) in [6.07, 6.45) is 0.844. The molecule has 3 heteroatoms. The van der Waals surface area contributed by atoms with Crippen LogP contribution >= 0.6 is 11.6 Å². The summed E-state index contributed by atoms with van der Waals surface area (Å²) in [5.41, 5.74) is 0.907. The largest absolute Gasteiger partial charge is 0.387 e. The first-order chi connectivity index (χ1) is 6.75. The molecule has 1 aromatic carbocycles. The van der Waals surface area contributed by atoms with Gasteiger partial charge in [0.15, 0.2) is 0 Å². The summed E-state index contributed by atoms with van der Waals surface area (Å²) in [4.78, 5) is 2.24. The van der Waals surface area contributed by atoms with Gasteiger partial charge in [0.25, 0.3) is 0 Å². The van der Waals surface area contributed by atoms with Gasteiger partial charge in [0.2, 0.25) is 0 Å². The highest BCUT2D eigenvalue weighted by Crippen LogP contribution is 2.20. The van der Waals surface area contributed by atoms with Crippen LogP contribution in [0.15, 0.2) is 24.3 Å². The first-order valence-corrected chi connectivity index (χ1v) is 5.29. The van der Waals surface area contributed by atoms with Gasteiger partial charge in [0, 0.05) is 11.6 Å². The van der Waals surface area contributed by atoms with E-state index in [-0.39, 0.29) is 0 Å². The van der Waals surface area contributed by atoms with Crippen LogP contribution in [0, 0.1) is 0 Å². The lowest BCUT2D eigenvalue weighted by atomic mass is 10.1. The highest BCUT2D eigenvalue weighted by molar-refractivity contribution is 6.30. The van der Waals surface area contributed by atoms with Crippen molar-refractivity contribution in [1.29, 1.82) is 0 Å². The number of hydrogen-bond donors (Lipinski definition) is 1. The van der Waals surface area contributed by atoms with Gasteiger partial charge in [0.1, 0.15) is 0 Å². The molecular weight excluding hydrogens is 198 g/mol. The van der Waals surface area contributed by atoms with Crippen molar-refractivity contribution >= 4 is 11.6 Å². The quantitative estimate of drug-likeness (QED) is 0.828. The van der Waals surface area contributed by atoms with Gasteiger partial charge in [0.05, 0.1) is 6.10 Å². The number of hydrogen-bond acceptors (Lipinski definition) is 2. The van der Waals surface area contributed by atoms with E-state index in [1.807, 2.05) is 24.3 Å². The Morgan fingerprint density at radius 2 is 2.21 bits per heavy atom. The molecule has 1 unspecified atom stereocenters. The molecule has 1 saturated heterocycles. The maximum Gasteiger partial charge on any atom is 0.0917 e. The number of aliphatic hydroxyl groups is 1. The Kier molecular flexibility index (Phi) is 3.06. The predicted octanol–water partition coefficient (Wildman–Crippen LogP) is 2.08. The minimum atomic E-state index is -0.408. The van der Waals surface area contributed by atoms with Crippen molar-refractivity contribution in [2.24, 2.45) is 0 Å². The molecule has 1 aliphatic rings. The van der Waals surface area contributed by atoms with E-state index in [1.54, 1.807) is 0 Å². The minimum Gasteiger partial charge on any atom is -0.387 e. The van der Waals surface area contributed by atoms with E-state index >= 15 is 0 Å². The van der Waals surface area contributed by atoms with Crippen molar-refractivity contribution in [1.82, 2.24) is 4.90 Å². The third-order valence-electron chi connectivity index (χ3n) is 2.61. The molecule has 0 spiro atoms. The average molecular weight is 212 g/mol. The van der Waals surface area contributed by atoms with Crippen LogP contribution in [-0.4, -0.2) is 29.6 Å². The van der Waals surface area contributed by atoms with Crippen molar-refractivity contribution < 1.29 is 5.11 Å². The maximum atomic E-state index is 9.88. The van der Waals surface area contributed by atoms with E-state index in [2.05, 4.69) is 4.90 Å². The number of rotatable bonds is 3. The third-order valence-corrected chi connectivity index (χ3v) is 2.85. The molecular formula is C11H14ClNO. The Morgan fingerprint density at radius 3 is 2.79 bits per heavy atom. The monoisotopic (exact) mass is 211 g/mol. The minimum absolute atomic E-state index is 0.408. The Labute approximate surface area is 89.1 Å². The second-order valence-corrected chi connectivity index (χ2v) is 4.16. The first kappa shape index (κ1) is 9.97. The third kappa shape index (κ3) is 2.27. The second-order valence-electron chi connectivity index (χ2n) is 3.72. The standard InChI is InChI=1S/C11H14ClNO/c12-10-4-1-3-9(7-10)11(14)8-13-5-2-6-13/h1,3-4,7,11,14H,2,5-6,8H2. The molecule has 0 aliphatic carbocycles. The summed E-state index contributed by atoms with van der Waals surface area (Å²) in [6, 6.07) is 7.43. The second kappa shape index (κ2) is 4.30. The van der Waals surface area contributed by atoms with Crippen LogP contribution < -0.4 is 0 Å². The Bertz CT molecular complexity index is 312. The van der Waals surface area contributed by atoms with Gasteiger partial charge in [-0.3, -0.25) is 0 Å². The van der Waals surface area contributed by atoms with Crippen LogP contribution in [0.5, 0.6) is 0 Å². The van der Waals surface area contributed by atoms with Gasteiger partial charge < -0.3 is 10.0 Å². The molecule has 2 nitrogen and oxygen atoms in total. The fourth-order valence-electron chi connectivity index (χ4n) is 1.63. The molecule has 1 aromatic rings. The highest BCUT2D eigenvalue weighted by atomic mass is 35.5. The molecule has 0 saturated carbocycles. The van der Waals surface area contributed by atoms with Crippen LogP contribution in [0.2, 0.25) is 5.02 Å². The first-order valence-electron chi connectivity index (χ1n) is 4.91. The van der Waals surface area contributed by atoms with Crippen LogP contribution in [0.3, 0.4) is 0 Å². The summed E-state index contributed by atoms with van der Waals surface area (Å²) in [7, 11) is 0. The van der Waals surface area contributed by atoms with Gasteiger partial charge in [-0.2, -0.15) is 0 Å². The molecule has 1 atom stereocenters. The van der Waals surface area contributed by atoms with Crippen molar-refractivity contribution in [2.75, 3.05) is 19.6 Å². The van der Waals surface area contributed by atoms with Gasteiger partial charge in [-0.25, -0.2) is 0 Å². The summed E-state index contributed by atoms with van der Waals surface area (Å²) in [5.74, 6) is 0.